The maximum Gasteiger partial charge on any atom is 0.225 e. The molecule has 0 N–H and O–H groups in total. The van der Waals surface area contributed by atoms with Crippen molar-refractivity contribution in [2.45, 2.75) is 12.3 Å². The summed E-state index contributed by atoms with van der Waals surface area (Å²) in [6.45, 7) is 1.71. The number of likely N-dealkylation sites (tertiary alicyclic amines) is 1. The second-order valence-corrected chi connectivity index (χ2v) is 5.55. The molecule has 3 nitrogen and oxygen atoms in total. The fourth-order valence-electron chi connectivity index (χ4n) is 2.82. The number of benzene rings is 1. The molecule has 1 aliphatic heterocycles. The second kappa shape index (κ2) is 5.70. The van der Waals surface area contributed by atoms with Gasteiger partial charge in [0, 0.05) is 32.5 Å². The average Bonchev–Trinajstić information content (AvgIpc) is 2.37. The van der Waals surface area contributed by atoms with Crippen molar-refractivity contribution < 1.29 is 9.18 Å². The molecular weight excluding hydrogens is 243 g/mol. The van der Waals surface area contributed by atoms with Crippen molar-refractivity contribution in [3.05, 3.63) is 35.6 Å². The fraction of sp³-hybridized carbons (Fsp3) is 0.533. The Morgan fingerprint density at radius 3 is 2.79 bits per heavy atom. The third-order valence-electron chi connectivity index (χ3n) is 3.85. The summed E-state index contributed by atoms with van der Waals surface area (Å²) in [4.78, 5) is 16.1. The molecule has 0 aromatic heterocycles. The predicted molar refractivity (Wildman–Crippen MR) is 73.4 cm³/mol. The molecule has 1 aromatic carbocycles. The van der Waals surface area contributed by atoms with E-state index < -0.39 is 0 Å². The molecule has 104 valence electrons. The van der Waals surface area contributed by atoms with Gasteiger partial charge in [0.25, 0.3) is 0 Å². The van der Waals surface area contributed by atoms with E-state index in [1.54, 1.807) is 31.1 Å². The van der Waals surface area contributed by atoms with Crippen molar-refractivity contribution in [1.29, 1.82) is 0 Å². The number of likely N-dealkylation sites (N-methyl/N-ethyl adjacent to an activating group) is 1. The Morgan fingerprint density at radius 1 is 1.42 bits per heavy atom. The van der Waals surface area contributed by atoms with Gasteiger partial charge >= 0.3 is 0 Å². The largest absolute Gasteiger partial charge is 0.349 e. The second-order valence-electron chi connectivity index (χ2n) is 5.55. The standard InChI is InChI=1S/C15H21FN2O/c1-17(2)15(19)13-7-8-18(3)10-14(13)11-5-4-6-12(16)9-11/h4-6,9,13-14H,7-8,10H2,1-3H3/t13-,14+/m1/s1. The van der Waals surface area contributed by atoms with E-state index in [-0.39, 0.29) is 23.6 Å². The molecule has 1 aliphatic rings. The van der Waals surface area contributed by atoms with Crippen molar-refractivity contribution in [2.75, 3.05) is 34.2 Å². The lowest BCUT2D eigenvalue weighted by atomic mass is 9.80. The lowest BCUT2D eigenvalue weighted by Crippen LogP contribution is -2.43. The Hall–Kier alpha value is -1.42. The SMILES string of the molecule is CN1CC[C@@H](C(=O)N(C)C)[C@H](c2cccc(F)c2)C1. The van der Waals surface area contributed by atoms with Crippen molar-refractivity contribution in [2.24, 2.45) is 5.92 Å². The molecule has 0 saturated carbocycles. The number of amides is 1. The Kier molecular flexibility index (Phi) is 4.20. The highest BCUT2D eigenvalue weighted by molar-refractivity contribution is 5.79. The molecule has 0 radical (unpaired) electrons. The summed E-state index contributed by atoms with van der Waals surface area (Å²) in [5.74, 6) is -0.0681. The first kappa shape index (κ1) is 14.0. The summed E-state index contributed by atoms with van der Waals surface area (Å²) < 4.78 is 13.4. The van der Waals surface area contributed by atoms with Gasteiger partial charge in [0.2, 0.25) is 5.91 Å². The minimum Gasteiger partial charge on any atom is -0.349 e. The first-order valence-corrected chi connectivity index (χ1v) is 6.64. The quantitative estimate of drug-likeness (QED) is 0.815. The van der Waals surface area contributed by atoms with Crippen molar-refractivity contribution in [3.8, 4) is 0 Å². The summed E-state index contributed by atoms with van der Waals surface area (Å²) in [6.07, 6.45) is 0.828. The number of piperidine rings is 1. The predicted octanol–water partition coefficient (Wildman–Crippen LogP) is 1.95. The number of halogens is 1. The molecule has 1 heterocycles. The topological polar surface area (TPSA) is 23.6 Å². The van der Waals surface area contributed by atoms with Crippen LogP contribution >= 0.6 is 0 Å². The van der Waals surface area contributed by atoms with Gasteiger partial charge < -0.3 is 9.80 Å². The van der Waals surface area contributed by atoms with Gasteiger partial charge in [-0.05, 0) is 37.7 Å². The first-order chi connectivity index (χ1) is 8.99. The minimum atomic E-state index is -0.234. The summed E-state index contributed by atoms with van der Waals surface area (Å²) in [5, 5.41) is 0. The summed E-state index contributed by atoms with van der Waals surface area (Å²) in [5.41, 5.74) is 0.923. The molecule has 2 atom stereocenters. The molecule has 1 amide bonds. The number of nitrogens with zero attached hydrogens (tertiary/aromatic N) is 2. The van der Waals surface area contributed by atoms with E-state index >= 15 is 0 Å². The van der Waals surface area contributed by atoms with Gasteiger partial charge in [-0.1, -0.05) is 12.1 Å². The van der Waals surface area contributed by atoms with Gasteiger partial charge in [0.1, 0.15) is 5.82 Å². The molecule has 0 spiro atoms. The van der Waals surface area contributed by atoms with Crippen molar-refractivity contribution in [1.82, 2.24) is 9.80 Å². The third-order valence-corrected chi connectivity index (χ3v) is 3.85. The highest BCUT2D eigenvalue weighted by Crippen LogP contribution is 2.33. The number of hydrogen-bond acceptors (Lipinski definition) is 2. The van der Waals surface area contributed by atoms with Gasteiger partial charge in [-0.25, -0.2) is 4.39 Å². The van der Waals surface area contributed by atoms with Crippen LogP contribution in [-0.4, -0.2) is 49.9 Å². The van der Waals surface area contributed by atoms with Crippen LogP contribution in [0.5, 0.6) is 0 Å². The molecule has 0 unspecified atom stereocenters. The Morgan fingerprint density at radius 2 is 2.16 bits per heavy atom. The van der Waals surface area contributed by atoms with Crippen LogP contribution in [0.1, 0.15) is 17.9 Å². The molecule has 0 aliphatic carbocycles. The van der Waals surface area contributed by atoms with Crippen LogP contribution < -0.4 is 0 Å². The Balaban J connectivity index is 2.29. The van der Waals surface area contributed by atoms with E-state index in [1.807, 2.05) is 13.1 Å². The van der Waals surface area contributed by atoms with E-state index in [2.05, 4.69) is 4.90 Å². The normalized spacial score (nSPS) is 24.2. The van der Waals surface area contributed by atoms with Crippen LogP contribution in [0.4, 0.5) is 4.39 Å². The first-order valence-electron chi connectivity index (χ1n) is 6.64. The molecular formula is C15H21FN2O. The molecule has 0 bridgehead atoms. The Bertz CT molecular complexity index is 461. The molecule has 1 aromatic rings. The van der Waals surface area contributed by atoms with Crippen LogP contribution in [-0.2, 0) is 4.79 Å². The van der Waals surface area contributed by atoms with Crippen molar-refractivity contribution >= 4 is 5.91 Å². The number of rotatable bonds is 2. The third kappa shape index (κ3) is 3.13. The maximum atomic E-state index is 13.4. The lowest BCUT2D eigenvalue weighted by Gasteiger charge is -2.37. The summed E-state index contributed by atoms with van der Waals surface area (Å²) in [6, 6.07) is 6.64. The smallest absolute Gasteiger partial charge is 0.225 e. The van der Waals surface area contributed by atoms with E-state index in [0.717, 1.165) is 25.1 Å². The molecule has 4 heteroatoms. The van der Waals surface area contributed by atoms with Crippen LogP contribution in [0, 0.1) is 11.7 Å². The average molecular weight is 264 g/mol. The summed E-state index contributed by atoms with van der Waals surface area (Å²) >= 11 is 0. The number of carbonyl (C=O) groups is 1. The van der Waals surface area contributed by atoms with Crippen molar-refractivity contribution in [3.63, 3.8) is 0 Å². The fourth-order valence-corrected chi connectivity index (χ4v) is 2.82. The highest BCUT2D eigenvalue weighted by Gasteiger charge is 2.34. The van der Waals surface area contributed by atoms with E-state index in [9.17, 15) is 9.18 Å². The molecule has 19 heavy (non-hydrogen) atoms. The van der Waals surface area contributed by atoms with Gasteiger partial charge in [-0.3, -0.25) is 4.79 Å². The van der Waals surface area contributed by atoms with Crippen LogP contribution in [0.2, 0.25) is 0 Å². The zero-order valence-electron chi connectivity index (χ0n) is 11.8. The zero-order chi connectivity index (χ0) is 14.0. The van der Waals surface area contributed by atoms with Gasteiger partial charge in [0.15, 0.2) is 0 Å². The monoisotopic (exact) mass is 264 g/mol. The van der Waals surface area contributed by atoms with Crippen LogP contribution in [0.3, 0.4) is 0 Å². The minimum absolute atomic E-state index is 0.0481. The summed E-state index contributed by atoms with van der Waals surface area (Å²) in [7, 11) is 5.61. The van der Waals surface area contributed by atoms with Gasteiger partial charge in [-0.15, -0.1) is 0 Å². The van der Waals surface area contributed by atoms with E-state index in [1.165, 1.54) is 6.07 Å². The van der Waals surface area contributed by atoms with Crippen LogP contribution in [0.25, 0.3) is 0 Å². The molecule has 2 rings (SSSR count). The van der Waals surface area contributed by atoms with E-state index in [0.29, 0.717) is 0 Å². The molecule has 1 saturated heterocycles. The van der Waals surface area contributed by atoms with Crippen LogP contribution in [0.15, 0.2) is 24.3 Å². The zero-order valence-corrected chi connectivity index (χ0v) is 11.8. The lowest BCUT2D eigenvalue weighted by molar-refractivity contribution is -0.135. The van der Waals surface area contributed by atoms with Gasteiger partial charge in [-0.2, -0.15) is 0 Å². The number of carbonyl (C=O) groups excluding carboxylic acids is 1. The Labute approximate surface area is 114 Å². The van der Waals surface area contributed by atoms with E-state index in [4.69, 9.17) is 0 Å². The van der Waals surface area contributed by atoms with Gasteiger partial charge in [0.05, 0.1) is 0 Å². The molecule has 1 fully saturated rings. The highest BCUT2D eigenvalue weighted by atomic mass is 19.1. The number of hydrogen-bond donors (Lipinski definition) is 0. The maximum absolute atomic E-state index is 13.4.